The second-order valence-corrected chi connectivity index (χ2v) is 5.00. The Kier molecular flexibility index (Phi) is 3.39. The van der Waals surface area contributed by atoms with Gasteiger partial charge in [0, 0.05) is 24.3 Å². The molecule has 0 aliphatic rings. The lowest BCUT2D eigenvalue weighted by atomic mass is 10.1. The van der Waals surface area contributed by atoms with Crippen molar-refractivity contribution in [1.29, 1.82) is 0 Å². The molecule has 0 bridgehead atoms. The fourth-order valence-electron chi connectivity index (χ4n) is 2.26. The number of imidazole rings is 1. The lowest BCUT2D eigenvalue weighted by Crippen LogP contribution is -2.26. The van der Waals surface area contributed by atoms with Gasteiger partial charge in [0.25, 0.3) is 5.91 Å². The van der Waals surface area contributed by atoms with Crippen LogP contribution in [0.3, 0.4) is 0 Å². The van der Waals surface area contributed by atoms with Crippen LogP contribution >= 0.6 is 0 Å². The summed E-state index contributed by atoms with van der Waals surface area (Å²) in [5.74, 6) is -0.178. The third-order valence-corrected chi connectivity index (χ3v) is 3.48. The predicted octanol–water partition coefficient (Wildman–Crippen LogP) is 2.53. The minimum absolute atomic E-state index is 0.0913. The Bertz CT molecular complexity index is 779. The Labute approximate surface area is 122 Å². The van der Waals surface area contributed by atoms with Crippen molar-refractivity contribution in [1.82, 2.24) is 19.7 Å². The quantitative estimate of drug-likeness (QED) is 0.802. The third-order valence-electron chi connectivity index (χ3n) is 3.48. The highest BCUT2D eigenvalue weighted by Crippen LogP contribution is 2.13. The number of nitrogens with one attached hydrogen (secondary N) is 1. The van der Waals surface area contributed by atoms with Crippen molar-refractivity contribution in [2.24, 2.45) is 0 Å². The fraction of sp³-hybridized carbons (Fsp3) is 0.188. The van der Waals surface area contributed by atoms with Gasteiger partial charge in [0.2, 0.25) is 0 Å². The molecule has 1 amide bonds. The molecular formula is C16H16N4O. The van der Waals surface area contributed by atoms with E-state index in [1.807, 2.05) is 48.6 Å². The van der Waals surface area contributed by atoms with E-state index >= 15 is 0 Å². The van der Waals surface area contributed by atoms with Gasteiger partial charge in [-0.2, -0.15) is 0 Å². The number of rotatable bonds is 3. The molecule has 106 valence electrons. The van der Waals surface area contributed by atoms with Gasteiger partial charge in [-0.05, 0) is 43.7 Å². The molecular weight excluding hydrogens is 264 g/mol. The van der Waals surface area contributed by atoms with Crippen molar-refractivity contribution in [3.8, 4) is 0 Å². The molecule has 5 heteroatoms. The van der Waals surface area contributed by atoms with E-state index in [1.165, 1.54) is 0 Å². The topological polar surface area (TPSA) is 59.3 Å². The molecule has 1 N–H and O–H groups in total. The summed E-state index contributed by atoms with van der Waals surface area (Å²) in [5.41, 5.74) is 3.25. The summed E-state index contributed by atoms with van der Waals surface area (Å²) in [6, 6.07) is 9.48. The first-order valence-electron chi connectivity index (χ1n) is 6.80. The van der Waals surface area contributed by atoms with Crippen molar-refractivity contribution in [3.63, 3.8) is 0 Å². The molecule has 0 aliphatic carbocycles. The van der Waals surface area contributed by atoms with Crippen LogP contribution in [0.1, 0.15) is 34.7 Å². The van der Waals surface area contributed by atoms with Crippen molar-refractivity contribution in [3.05, 3.63) is 65.9 Å². The lowest BCUT2D eigenvalue weighted by Gasteiger charge is -2.12. The van der Waals surface area contributed by atoms with Crippen molar-refractivity contribution in [2.75, 3.05) is 0 Å². The maximum Gasteiger partial charge on any atom is 0.271 e. The molecule has 3 heterocycles. The van der Waals surface area contributed by atoms with Gasteiger partial charge in [-0.15, -0.1) is 0 Å². The highest BCUT2D eigenvalue weighted by Gasteiger charge is 2.14. The van der Waals surface area contributed by atoms with Crippen LogP contribution < -0.4 is 5.32 Å². The third kappa shape index (κ3) is 2.63. The second kappa shape index (κ2) is 5.36. The summed E-state index contributed by atoms with van der Waals surface area (Å²) in [6.07, 6.45) is 5.19. The Hall–Kier alpha value is -2.69. The Morgan fingerprint density at radius 2 is 2.00 bits per heavy atom. The molecule has 5 nitrogen and oxygen atoms in total. The maximum atomic E-state index is 12.3. The number of fused-ring (bicyclic) bond motifs is 1. The molecule has 3 rings (SSSR count). The van der Waals surface area contributed by atoms with E-state index in [9.17, 15) is 4.79 Å². The van der Waals surface area contributed by atoms with E-state index in [1.54, 1.807) is 18.6 Å². The van der Waals surface area contributed by atoms with Crippen LogP contribution in [0.15, 0.2) is 48.9 Å². The SMILES string of the molecule is Cc1cccc2nc(C(=O)NC(C)c3ccncc3)cn12. The molecule has 3 aromatic heterocycles. The van der Waals surface area contributed by atoms with Crippen LogP contribution in [-0.4, -0.2) is 20.3 Å². The van der Waals surface area contributed by atoms with E-state index in [0.717, 1.165) is 16.9 Å². The summed E-state index contributed by atoms with van der Waals surface area (Å²) < 4.78 is 1.91. The van der Waals surface area contributed by atoms with Gasteiger partial charge in [-0.3, -0.25) is 9.78 Å². The second-order valence-electron chi connectivity index (χ2n) is 5.00. The van der Waals surface area contributed by atoms with Crippen LogP contribution in [0.25, 0.3) is 5.65 Å². The summed E-state index contributed by atoms with van der Waals surface area (Å²) in [4.78, 5) is 20.6. The minimum Gasteiger partial charge on any atom is -0.344 e. The van der Waals surface area contributed by atoms with Crippen LogP contribution in [0.5, 0.6) is 0 Å². The van der Waals surface area contributed by atoms with Gasteiger partial charge in [-0.1, -0.05) is 6.07 Å². The zero-order valence-electron chi connectivity index (χ0n) is 11.9. The van der Waals surface area contributed by atoms with Crippen molar-refractivity contribution in [2.45, 2.75) is 19.9 Å². The summed E-state index contributed by atoms with van der Waals surface area (Å²) in [6.45, 7) is 3.92. The van der Waals surface area contributed by atoms with Crippen LogP contribution in [-0.2, 0) is 0 Å². The van der Waals surface area contributed by atoms with Gasteiger partial charge in [0.1, 0.15) is 11.3 Å². The van der Waals surface area contributed by atoms with Crippen LogP contribution in [0, 0.1) is 6.92 Å². The molecule has 3 aromatic rings. The molecule has 1 atom stereocenters. The molecule has 0 radical (unpaired) electrons. The largest absolute Gasteiger partial charge is 0.344 e. The fourth-order valence-corrected chi connectivity index (χ4v) is 2.26. The first kappa shape index (κ1) is 13.3. The molecule has 0 fully saturated rings. The van der Waals surface area contributed by atoms with Crippen molar-refractivity contribution >= 4 is 11.6 Å². The Morgan fingerprint density at radius 3 is 2.71 bits per heavy atom. The normalized spacial score (nSPS) is 12.3. The number of aryl methyl sites for hydroxylation is 1. The Balaban J connectivity index is 1.82. The monoisotopic (exact) mass is 280 g/mol. The van der Waals surface area contributed by atoms with E-state index in [4.69, 9.17) is 0 Å². The average molecular weight is 280 g/mol. The van der Waals surface area contributed by atoms with Gasteiger partial charge < -0.3 is 9.72 Å². The first-order chi connectivity index (χ1) is 10.1. The van der Waals surface area contributed by atoms with Gasteiger partial charge >= 0.3 is 0 Å². The predicted molar refractivity (Wildman–Crippen MR) is 80.0 cm³/mol. The number of aromatic nitrogens is 3. The number of nitrogens with zero attached hydrogens (tertiary/aromatic N) is 3. The zero-order chi connectivity index (χ0) is 14.8. The zero-order valence-corrected chi connectivity index (χ0v) is 11.9. The Morgan fingerprint density at radius 1 is 1.24 bits per heavy atom. The summed E-state index contributed by atoms with van der Waals surface area (Å²) >= 11 is 0. The van der Waals surface area contributed by atoms with Gasteiger partial charge in [0.15, 0.2) is 0 Å². The van der Waals surface area contributed by atoms with Gasteiger partial charge in [-0.25, -0.2) is 4.98 Å². The minimum atomic E-state index is -0.178. The van der Waals surface area contributed by atoms with E-state index in [2.05, 4.69) is 15.3 Å². The molecule has 0 spiro atoms. The molecule has 0 aromatic carbocycles. The lowest BCUT2D eigenvalue weighted by molar-refractivity contribution is 0.0935. The van der Waals surface area contributed by atoms with E-state index in [-0.39, 0.29) is 11.9 Å². The van der Waals surface area contributed by atoms with E-state index in [0.29, 0.717) is 5.69 Å². The van der Waals surface area contributed by atoms with E-state index < -0.39 is 0 Å². The summed E-state index contributed by atoms with van der Waals surface area (Å²) in [7, 11) is 0. The molecule has 0 aliphatic heterocycles. The first-order valence-corrected chi connectivity index (χ1v) is 6.80. The number of carbonyl (C=O) groups excluding carboxylic acids is 1. The molecule has 0 saturated heterocycles. The maximum absolute atomic E-state index is 12.3. The number of amides is 1. The highest BCUT2D eigenvalue weighted by molar-refractivity contribution is 5.93. The standard InChI is InChI=1S/C16H16N4O/c1-11-4-3-5-15-19-14(10-20(11)15)16(21)18-12(2)13-6-8-17-9-7-13/h3-10,12H,1-2H3,(H,18,21). The number of carbonyl (C=O) groups is 1. The van der Waals surface area contributed by atoms with Crippen LogP contribution in [0.4, 0.5) is 0 Å². The smallest absolute Gasteiger partial charge is 0.271 e. The number of pyridine rings is 2. The highest BCUT2D eigenvalue weighted by atomic mass is 16.1. The number of hydrogen-bond acceptors (Lipinski definition) is 3. The molecule has 1 unspecified atom stereocenters. The molecule has 21 heavy (non-hydrogen) atoms. The van der Waals surface area contributed by atoms with Crippen LogP contribution in [0.2, 0.25) is 0 Å². The summed E-state index contributed by atoms with van der Waals surface area (Å²) in [5, 5.41) is 2.95. The average Bonchev–Trinajstić information content (AvgIpc) is 2.94. The van der Waals surface area contributed by atoms with Gasteiger partial charge in [0.05, 0.1) is 6.04 Å². The van der Waals surface area contributed by atoms with Crippen molar-refractivity contribution < 1.29 is 4.79 Å². The number of hydrogen-bond donors (Lipinski definition) is 1. The molecule has 0 saturated carbocycles.